The first kappa shape index (κ1) is 17.4. The molecule has 0 aliphatic heterocycles. The number of hydrogen-bond acceptors (Lipinski definition) is 3. The molecular weight excluding hydrogens is 345 g/mol. The van der Waals surface area contributed by atoms with Crippen LogP contribution in [0.25, 0.3) is 17.3 Å². The van der Waals surface area contributed by atoms with Crippen LogP contribution in [0.3, 0.4) is 0 Å². The monoisotopic (exact) mass is 358 g/mol. The van der Waals surface area contributed by atoms with Crippen LogP contribution in [0.4, 0.5) is 19.0 Å². The maximum Gasteiger partial charge on any atom is 0.249 e. The number of benzene rings is 1. The summed E-state index contributed by atoms with van der Waals surface area (Å²) in [6.45, 7) is 1.77. The molecule has 5 nitrogen and oxygen atoms in total. The number of nitrogens with zero attached hydrogens (tertiary/aromatic N) is 2. The standard InChI is InChI=1S/C18H13F3N4O/c1-10-17(12-6-8-22-9-7-12)24-25-18(10)23-14(26)5-3-11-2-4-13(19)16(21)15(11)20/h2-9H,1H3,(H2,23,24,25,26). The summed E-state index contributed by atoms with van der Waals surface area (Å²) in [5.74, 6) is -4.52. The molecule has 2 heterocycles. The number of carbonyl (C=O) groups is 1. The van der Waals surface area contributed by atoms with Crippen molar-refractivity contribution < 1.29 is 18.0 Å². The Balaban J connectivity index is 1.75. The van der Waals surface area contributed by atoms with Gasteiger partial charge in [0.1, 0.15) is 0 Å². The van der Waals surface area contributed by atoms with Crippen molar-refractivity contribution in [2.45, 2.75) is 6.92 Å². The Morgan fingerprint density at radius 2 is 1.85 bits per heavy atom. The Kier molecular flexibility index (Phi) is 4.83. The third kappa shape index (κ3) is 3.49. The minimum atomic E-state index is -1.59. The summed E-state index contributed by atoms with van der Waals surface area (Å²) in [7, 11) is 0. The van der Waals surface area contributed by atoms with Crippen molar-refractivity contribution in [3.8, 4) is 11.3 Å². The zero-order chi connectivity index (χ0) is 18.7. The second kappa shape index (κ2) is 7.22. The van der Waals surface area contributed by atoms with Crippen LogP contribution < -0.4 is 5.32 Å². The van der Waals surface area contributed by atoms with E-state index in [0.717, 1.165) is 35.5 Å². The quantitative estimate of drug-likeness (QED) is 0.550. The van der Waals surface area contributed by atoms with E-state index in [1.807, 2.05) is 0 Å². The fourth-order valence-electron chi connectivity index (χ4n) is 2.31. The number of nitrogens with one attached hydrogen (secondary N) is 2. The molecule has 2 aromatic heterocycles. The van der Waals surface area contributed by atoms with Crippen molar-refractivity contribution in [3.05, 3.63) is 71.3 Å². The second-order valence-corrected chi connectivity index (χ2v) is 5.40. The van der Waals surface area contributed by atoms with Gasteiger partial charge in [-0.2, -0.15) is 5.10 Å². The summed E-state index contributed by atoms with van der Waals surface area (Å²) in [6, 6.07) is 5.41. The highest BCUT2D eigenvalue weighted by Gasteiger charge is 2.13. The van der Waals surface area contributed by atoms with E-state index in [1.54, 1.807) is 31.5 Å². The van der Waals surface area contributed by atoms with Gasteiger partial charge in [0.2, 0.25) is 5.91 Å². The molecule has 3 aromatic rings. The highest BCUT2D eigenvalue weighted by Crippen LogP contribution is 2.25. The molecule has 132 valence electrons. The van der Waals surface area contributed by atoms with Gasteiger partial charge in [0.15, 0.2) is 23.3 Å². The van der Waals surface area contributed by atoms with Crippen molar-refractivity contribution in [3.63, 3.8) is 0 Å². The van der Waals surface area contributed by atoms with E-state index in [0.29, 0.717) is 11.4 Å². The smallest absolute Gasteiger partial charge is 0.249 e. The van der Waals surface area contributed by atoms with Crippen LogP contribution in [0.15, 0.2) is 42.7 Å². The summed E-state index contributed by atoms with van der Waals surface area (Å²) in [5, 5.41) is 9.40. The first-order valence-electron chi connectivity index (χ1n) is 7.55. The predicted molar refractivity (Wildman–Crippen MR) is 90.5 cm³/mol. The molecule has 8 heteroatoms. The van der Waals surface area contributed by atoms with Gasteiger partial charge < -0.3 is 5.32 Å². The molecule has 0 atom stereocenters. The number of amides is 1. The number of aromatic amines is 1. The number of H-pyrrole nitrogens is 1. The van der Waals surface area contributed by atoms with Crippen LogP contribution in [0.5, 0.6) is 0 Å². The first-order valence-corrected chi connectivity index (χ1v) is 7.55. The molecule has 2 N–H and O–H groups in total. The Morgan fingerprint density at radius 1 is 1.12 bits per heavy atom. The number of hydrogen-bond donors (Lipinski definition) is 2. The zero-order valence-corrected chi connectivity index (χ0v) is 13.6. The number of anilines is 1. The van der Waals surface area contributed by atoms with Gasteiger partial charge in [-0.3, -0.25) is 14.9 Å². The Hall–Kier alpha value is -3.42. The second-order valence-electron chi connectivity index (χ2n) is 5.40. The van der Waals surface area contributed by atoms with Crippen LogP contribution in [0, 0.1) is 24.4 Å². The van der Waals surface area contributed by atoms with Gasteiger partial charge in [-0.25, -0.2) is 13.2 Å². The van der Waals surface area contributed by atoms with E-state index in [-0.39, 0.29) is 5.56 Å². The number of halogens is 3. The molecule has 0 saturated carbocycles. The fraction of sp³-hybridized carbons (Fsp3) is 0.0556. The van der Waals surface area contributed by atoms with E-state index in [2.05, 4.69) is 20.5 Å². The Labute approximate surface area is 146 Å². The van der Waals surface area contributed by atoms with E-state index in [4.69, 9.17) is 0 Å². The molecule has 3 rings (SSSR count). The SMILES string of the molecule is Cc1c(NC(=O)C=Cc2ccc(F)c(F)c2F)n[nH]c1-c1ccncc1. The maximum absolute atomic E-state index is 13.6. The molecule has 0 radical (unpaired) electrons. The van der Waals surface area contributed by atoms with E-state index in [1.165, 1.54) is 0 Å². The highest BCUT2D eigenvalue weighted by molar-refractivity contribution is 6.02. The van der Waals surface area contributed by atoms with Crippen molar-refractivity contribution in [1.82, 2.24) is 15.2 Å². The lowest BCUT2D eigenvalue weighted by atomic mass is 10.1. The average Bonchev–Trinajstić information content (AvgIpc) is 3.00. The number of aromatic nitrogens is 3. The average molecular weight is 358 g/mol. The van der Waals surface area contributed by atoms with Gasteiger partial charge in [-0.05, 0) is 37.3 Å². The third-order valence-electron chi connectivity index (χ3n) is 3.70. The fourth-order valence-corrected chi connectivity index (χ4v) is 2.31. The molecule has 0 fully saturated rings. The van der Waals surface area contributed by atoms with Gasteiger partial charge in [0.05, 0.1) is 5.69 Å². The molecule has 0 spiro atoms. The minimum absolute atomic E-state index is 0.240. The van der Waals surface area contributed by atoms with E-state index < -0.39 is 23.4 Å². The minimum Gasteiger partial charge on any atom is -0.305 e. The molecule has 0 bridgehead atoms. The molecular formula is C18H13F3N4O. The van der Waals surface area contributed by atoms with Gasteiger partial charge in [0, 0.05) is 35.2 Å². The summed E-state index contributed by atoms with van der Waals surface area (Å²) in [6.07, 6.45) is 5.33. The van der Waals surface area contributed by atoms with Crippen molar-refractivity contribution >= 4 is 17.8 Å². The molecule has 0 aliphatic rings. The van der Waals surface area contributed by atoms with Gasteiger partial charge >= 0.3 is 0 Å². The molecule has 0 unspecified atom stereocenters. The normalized spacial score (nSPS) is 11.1. The molecule has 26 heavy (non-hydrogen) atoms. The lowest BCUT2D eigenvalue weighted by Crippen LogP contribution is -2.09. The zero-order valence-electron chi connectivity index (χ0n) is 13.6. The number of rotatable bonds is 4. The van der Waals surface area contributed by atoms with E-state index in [9.17, 15) is 18.0 Å². The van der Waals surface area contributed by atoms with Crippen LogP contribution in [-0.4, -0.2) is 21.1 Å². The van der Waals surface area contributed by atoms with Crippen LogP contribution in [-0.2, 0) is 4.79 Å². The first-order chi connectivity index (χ1) is 12.5. The number of carbonyl (C=O) groups excluding carboxylic acids is 1. The summed E-state index contributed by atoms with van der Waals surface area (Å²) >= 11 is 0. The Bertz CT molecular complexity index is 984. The maximum atomic E-state index is 13.6. The van der Waals surface area contributed by atoms with Crippen LogP contribution in [0.1, 0.15) is 11.1 Å². The van der Waals surface area contributed by atoms with Crippen LogP contribution in [0.2, 0.25) is 0 Å². The predicted octanol–water partition coefficient (Wildman–Crippen LogP) is 3.85. The van der Waals surface area contributed by atoms with Gasteiger partial charge in [0.25, 0.3) is 0 Å². The number of pyridine rings is 1. The third-order valence-corrected chi connectivity index (χ3v) is 3.70. The largest absolute Gasteiger partial charge is 0.305 e. The topological polar surface area (TPSA) is 70.7 Å². The highest BCUT2D eigenvalue weighted by atomic mass is 19.2. The van der Waals surface area contributed by atoms with Crippen molar-refractivity contribution in [1.29, 1.82) is 0 Å². The van der Waals surface area contributed by atoms with Crippen LogP contribution >= 0.6 is 0 Å². The molecule has 0 saturated heterocycles. The summed E-state index contributed by atoms with van der Waals surface area (Å²) in [5.41, 5.74) is 2.04. The molecule has 0 aliphatic carbocycles. The van der Waals surface area contributed by atoms with Crippen molar-refractivity contribution in [2.75, 3.05) is 5.32 Å². The van der Waals surface area contributed by atoms with E-state index >= 15 is 0 Å². The molecule has 1 aromatic carbocycles. The van der Waals surface area contributed by atoms with Gasteiger partial charge in [-0.1, -0.05) is 0 Å². The Morgan fingerprint density at radius 3 is 2.58 bits per heavy atom. The lowest BCUT2D eigenvalue weighted by Gasteiger charge is -2.02. The molecule has 1 amide bonds. The van der Waals surface area contributed by atoms with Crippen molar-refractivity contribution in [2.24, 2.45) is 0 Å². The van der Waals surface area contributed by atoms with Gasteiger partial charge in [-0.15, -0.1) is 0 Å². The lowest BCUT2D eigenvalue weighted by molar-refractivity contribution is -0.111. The summed E-state index contributed by atoms with van der Waals surface area (Å²) in [4.78, 5) is 15.9. The summed E-state index contributed by atoms with van der Waals surface area (Å²) < 4.78 is 39.6.